The van der Waals surface area contributed by atoms with Crippen LogP contribution < -0.4 is 10.2 Å². The largest absolute Gasteiger partial charge is 0.312 e. The molecule has 5 rings (SSSR count). The molecule has 172 valence electrons. The quantitative estimate of drug-likeness (QED) is 0.505. The number of nitrogens with zero attached hydrogens (tertiary/aromatic N) is 2. The zero-order chi connectivity index (χ0) is 24.2. The van der Waals surface area contributed by atoms with Gasteiger partial charge in [0.05, 0.1) is 16.1 Å². The number of pyridine rings is 1. The number of fused-ring (bicyclic) bond motifs is 2. The molecule has 1 saturated heterocycles. The molecule has 2 aliphatic rings. The van der Waals surface area contributed by atoms with Gasteiger partial charge in [-0.2, -0.15) is 0 Å². The minimum absolute atomic E-state index is 0.133. The Balaban J connectivity index is 1.74. The number of rotatable bonds is 3. The number of nitrogens with one attached hydrogen (secondary N) is 1. The van der Waals surface area contributed by atoms with Crippen LogP contribution in [-0.2, 0) is 15.0 Å². The van der Waals surface area contributed by atoms with E-state index in [4.69, 9.17) is 4.98 Å². The van der Waals surface area contributed by atoms with Crippen LogP contribution in [0.15, 0.2) is 47.4 Å². The highest BCUT2D eigenvalue weighted by atomic mass is 32.2. The number of thioether (sulfide) groups is 1. The van der Waals surface area contributed by atoms with Crippen molar-refractivity contribution in [2.24, 2.45) is 0 Å². The van der Waals surface area contributed by atoms with Crippen molar-refractivity contribution in [1.29, 1.82) is 0 Å². The molecule has 0 atom stereocenters. The zero-order valence-corrected chi connectivity index (χ0v) is 20.4. The summed E-state index contributed by atoms with van der Waals surface area (Å²) in [7, 11) is 0. The van der Waals surface area contributed by atoms with Crippen molar-refractivity contribution in [2.45, 2.75) is 39.5 Å². The van der Waals surface area contributed by atoms with Crippen LogP contribution in [0.1, 0.15) is 44.0 Å². The molecule has 0 saturated carbocycles. The van der Waals surface area contributed by atoms with E-state index in [-0.39, 0.29) is 16.6 Å². The predicted octanol–water partition coefficient (Wildman–Crippen LogP) is 5.57. The van der Waals surface area contributed by atoms with Gasteiger partial charge in [0.1, 0.15) is 0 Å². The monoisotopic (exact) mass is 471 g/mol. The molecule has 3 amide bonds. The first-order chi connectivity index (χ1) is 16.2. The highest BCUT2D eigenvalue weighted by molar-refractivity contribution is 8.18. The molecule has 0 radical (unpaired) electrons. The summed E-state index contributed by atoms with van der Waals surface area (Å²) in [5, 5.41) is 2.89. The molecular weight excluding hydrogens is 446 g/mol. The smallest absolute Gasteiger partial charge is 0.290 e. The predicted molar refractivity (Wildman–Crippen MR) is 137 cm³/mol. The lowest BCUT2D eigenvalue weighted by Crippen LogP contribution is -2.41. The molecule has 0 spiro atoms. The van der Waals surface area contributed by atoms with Gasteiger partial charge in [0.15, 0.2) is 0 Å². The van der Waals surface area contributed by atoms with Crippen molar-refractivity contribution in [3.8, 4) is 11.1 Å². The van der Waals surface area contributed by atoms with Crippen molar-refractivity contribution in [3.63, 3.8) is 0 Å². The lowest BCUT2D eigenvalue weighted by atomic mass is 9.75. The molecule has 1 fully saturated rings. The number of aromatic nitrogens is 1. The zero-order valence-electron chi connectivity index (χ0n) is 19.6. The number of hydrogen-bond donors (Lipinski definition) is 1. The Morgan fingerprint density at radius 2 is 1.88 bits per heavy atom. The van der Waals surface area contributed by atoms with Gasteiger partial charge in [-0.25, -0.2) is 4.98 Å². The average molecular weight is 472 g/mol. The average Bonchev–Trinajstić information content (AvgIpc) is 3.09. The normalized spacial score (nSPS) is 18.5. The van der Waals surface area contributed by atoms with E-state index in [2.05, 4.69) is 38.2 Å². The number of anilines is 1. The summed E-state index contributed by atoms with van der Waals surface area (Å²) >= 11 is 0.878. The van der Waals surface area contributed by atoms with E-state index >= 15 is 0 Å². The number of carbonyl (C=O) groups excluding carboxylic acids is 3. The van der Waals surface area contributed by atoms with Gasteiger partial charge in [-0.3, -0.25) is 19.7 Å². The van der Waals surface area contributed by atoms with E-state index in [9.17, 15) is 14.4 Å². The SMILES string of the molecule is CCN1C(=O)CC(C)(C)c2cc(C)c(-c3cc(/C=C4\SC(=O)NC4=O)nc4ccccc34)cc21. The van der Waals surface area contributed by atoms with E-state index in [1.807, 2.05) is 42.2 Å². The third-order valence-corrected chi connectivity index (χ3v) is 7.33. The van der Waals surface area contributed by atoms with Gasteiger partial charge in [-0.1, -0.05) is 38.1 Å². The molecule has 0 bridgehead atoms. The van der Waals surface area contributed by atoms with Crippen molar-refractivity contribution < 1.29 is 14.4 Å². The van der Waals surface area contributed by atoms with Crippen LogP contribution in [0.3, 0.4) is 0 Å². The van der Waals surface area contributed by atoms with Gasteiger partial charge in [-0.05, 0) is 72.1 Å². The molecule has 0 unspecified atom stereocenters. The van der Waals surface area contributed by atoms with E-state index in [1.54, 1.807) is 6.08 Å². The summed E-state index contributed by atoms with van der Waals surface area (Å²) in [6.45, 7) is 8.93. The van der Waals surface area contributed by atoms with Crippen LogP contribution in [0.5, 0.6) is 0 Å². The van der Waals surface area contributed by atoms with Gasteiger partial charge in [0.25, 0.3) is 11.1 Å². The molecule has 1 aromatic heterocycles. The fourth-order valence-corrected chi connectivity index (χ4v) is 5.52. The third kappa shape index (κ3) is 3.70. The van der Waals surface area contributed by atoms with Gasteiger partial charge in [-0.15, -0.1) is 0 Å². The molecule has 2 aliphatic heterocycles. The summed E-state index contributed by atoms with van der Waals surface area (Å²) in [6.07, 6.45) is 2.14. The summed E-state index contributed by atoms with van der Waals surface area (Å²) < 4.78 is 0. The van der Waals surface area contributed by atoms with Gasteiger partial charge >= 0.3 is 0 Å². The van der Waals surface area contributed by atoms with Crippen LogP contribution in [0.25, 0.3) is 28.1 Å². The van der Waals surface area contributed by atoms with Crippen molar-refractivity contribution >= 4 is 51.5 Å². The molecule has 0 aliphatic carbocycles. The maximum absolute atomic E-state index is 12.9. The van der Waals surface area contributed by atoms with E-state index in [1.165, 1.54) is 5.56 Å². The highest BCUT2D eigenvalue weighted by Gasteiger charge is 2.36. The summed E-state index contributed by atoms with van der Waals surface area (Å²) in [6, 6.07) is 14.1. The number of amides is 3. The lowest BCUT2D eigenvalue weighted by molar-refractivity contribution is -0.120. The Hall–Kier alpha value is -3.45. The third-order valence-electron chi connectivity index (χ3n) is 6.52. The van der Waals surface area contributed by atoms with Crippen LogP contribution in [0, 0.1) is 6.92 Å². The molecular formula is C27H25N3O3S. The second-order valence-corrected chi connectivity index (χ2v) is 10.4. The van der Waals surface area contributed by atoms with E-state index < -0.39 is 5.91 Å². The maximum Gasteiger partial charge on any atom is 0.290 e. The molecule has 3 heterocycles. The first kappa shape index (κ1) is 22.3. The summed E-state index contributed by atoms with van der Waals surface area (Å²) in [4.78, 5) is 43.5. The Morgan fingerprint density at radius 3 is 2.59 bits per heavy atom. The molecule has 34 heavy (non-hydrogen) atoms. The van der Waals surface area contributed by atoms with Crippen LogP contribution in [0.4, 0.5) is 10.5 Å². The van der Waals surface area contributed by atoms with Crippen molar-refractivity contribution in [1.82, 2.24) is 10.3 Å². The Kier molecular flexibility index (Phi) is 5.32. The Bertz CT molecular complexity index is 1420. The number of imide groups is 1. The molecule has 6 nitrogen and oxygen atoms in total. The van der Waals surface area contributed by atoms with Crippen LogP contribution in [-0.4, -0.2) is 28.6 Å². The van der Waals surface area contributed by atoms with Crippen LogP contribution in [0.2, 0.25) is 0 Å². The van der Waals surface area contributed by atoms with Gasteiger partial charge in [0, 0.05) is 29.5 Å². The number of para-hydroxylation sites is 1. The highest BCUT2D eigenvalue weighted by Crippen LogP contribution is 2.44. The summed E-state index contributed by atoms with van der Waals surface area (Å²) in [5.74, 6) is -0.274. The maximum atomic E-state index is 12.9. The first-order valence-corrected chi connectivity index (χ1v) is 12.1. The fraction of sp³-hybridized carbons (Fsp3) is 0.259. The molecule has 3 aromatic rings. The van der Waals surface area contributed by atoms with E-state index in [0.717, 1.165) is 45.0 Å². The van der Waals surface area contributed by atoms with Gasteiger partial charge < -0.3 is 4.90 Å². The second kappa shape index (κ2) is 8.09. The summed E-state index contributed by atoms with van der Waals surface area (Å²) in [5.41, 5.74) is 6.37. The number of hydrogen-bond acceptors (Lipinski definition) is 5. The number of aryl methyl sites for hydroxylation is 1. The second-order valence-electron chi connectivity index (χ2n) is 9.35. The number of carbonyl (C=O) groups is 3. The van der Waals surface area contributed by atoms with Gasteiger partial charge in [0.2, 0.25) is 5.91 Å². The minimum atomic E-state index is -0.407. The Morgan fingerprint density at radius 1 is 1.12 bits per heavy atom. The standard InChI is InChI=1S/C27H25N3O3S/c1-5-30-22-13-18(15(2)10-20(22)27(3,4)14-24(30)31)19-11-16(12-23-25(32)29-26(33)34-23)28-21-9-7-6-8-17(19)21/h6-13H,5,14H2,1-4H3,(H,29,32,33)/b23-12-. The first-order valence-electron chi connectivity index (χ1n) is 11.3. The minimum Gasteiger partial charge on any atom is -0.312 e. The van der Waals surface area contributed by atoms with Crippen molar-refractivity contribution in [3.05, 3.63) is 64.2 Å². The molecule has 7 heteroatoms. The fourth-order valence-electron chi connectivity index (χ4n) is 4.85. The lowest BCUT2D eigenvalue weighted by Gasteiger charge is -2.39. The van der Waals surface area contributed by atoms with E-state index in [0.29, 0.717) is 23.6 Å². The number of benzene rings is 2. The molecule has 2 aromatic carbocycles. The Labute approximate surface area is 202 Å². The van der Waals surface area contributed by atoms with Crippen LogP contribution >= 0.6 is 11.8 Å². The molecule has 1 N–H and O–H groups in total. The van der Waals surface area contributed by atoms with Crippen molar-refractivity contribution in [2.75, 3.05) is 11.4 Å². The topological polar surface area (TPSA) is 79.4 Å².